The molecule has 3 aromatic rings. The van der Waals surface area contributed by atoms with Gasteiger partial charge in [0.15, 0.2) is 17.2 Å². The number of hydrogen-bond donors (Lipinski definition) is 2. The van der Waals surface area contributed by atoms with E-state index >= 15 is 13.2 Å². The molecule has 34 heavy (non-hydrogen) atoms. The number of nitrogens with one attached hydrogen (secondary N) is 2. The summed E-state index contributed by atoms with van der Waals surface area (Å²) in [5.41, 5.74) is -3.85. The van der Waals surface area contributed by atoms with Gasteiger partial charge < -0.3 is 19.9 Å². The second-order valence-corrected chi connectivity index (χ2v) is 8.65. The Hall–Kier alpha value is -3.67. The number of urea groups is 1. The molecule has 1 unspecified atom stereocenters. The van der Waals surface area contributed by atoms with E-state index in [0.717, 1.165) is 17.8 Å². The molecule has 2 aliphatic heterocycles. The third kappa shape index (κ3) is 3.45. The first-order chi connectivity index (χ1) is 16.1. The molecule has 1 spiro atoms. The lowest BCUT2D eigenvalue weighted by molar-refractivity contribution is -0.149. The van der Waals surface area contributed by atoms with Crippen LogP contribution in [0.2, 0.25) is 0 Å². The molecule has 2 N–H and O–H groups in total. The predicted molar refractivity (Wildman–Crippen MR) is 117 cm³/mol. The monoisotopic (exact) mass is 473 g/mol. The van der Waals surface area contributed by atoms with Crippen LogP contribution in [0.15, 0.2) is 48.9 Å². The first-order valence-electron chi connectivity index (χ1n) is 10.6. The third-order valence-electron chi connectivity index (χ3n) is 6.16. The summed E-state index contributed by atoms with van der Waals surface area (Å²) in [4.78, 5) is 18.9. The maximum Gasteiger partial charge on any atom is 0.343 e. The van der Waals surface area contributed by atoms with Crippen LogP contribution < -0.4 is 20.3 Å². The number of rotatable bonds is 4. The van der Waals surface area contributed by atoms with Crippen molar-refractivity contribution in [1.82, 2.24) is 25.1 Å². The highest BCUT2D eigenvalue weighted by Gasteiger charge is 2.57. The average molecular weight is 473 g/mol. The molecule has 1 fully saturated rings. The van der Waals surface area contributed by atoms with Gasteiger partial charge in [0.2, 0.25) is 11.5 Å². The molecule has 2 amide bonds. The normalized spacial score (nSPS) is 18.4. The van der Waals surface area contributed by atoms with Gasteiger partial charge >= 0.3 is 12.0 Å². The zero-order valence-corrected chi connectivity index (χ0v) is 18.4. The van der Waals surface area contributed by atoms with Crippen LogP contribution >= 0.6 is 0 Å². The van der Waals surface area contributed by atoms with Crippen molar-refractivity contribution >= 4 is 17.5 Å². The van der Waals surface area contributed by atoms with E-state index in [1.165, 1.54) is 36.2 Å². The lowest BCUT2D eigenvalue weighted by atomic mass is 9.90. The molecule has 12 heteroatoms. The van der Waals surface area contributed by atoms with Crippen LogP contribution in [0, 0.1) is 0 Å². The van der Waals surface area contributed by atoms with Gasteiger partial charge in [-0.3, -0.25) is 4.90 Å². The van der Waals surface area contributed by atoms with Gasteiger partial charge in [-0.1, -0.05) is 12.1 Å². The lowest BCUT2D eigenvalue weighted by Crippen LogP contribution is -2.70. The van der Waals surface area contributed by atoms with Gasteiger partial charge in [-0.25, -0.2) is 14.2 Å². The van der Waals surface area contributed by atoms with Crippen molar-refractivity contribution in [3.8, 4) is 5.75 Å². The van der Waals surface area contributed by atoms with Crippen molar-refractivity contribution in [3.05, 3.63) is 60.3 Å². The number of ether oxygens (including phenoxy) is 1. The topological polar surface area (TPSA) is 97.2 Å². The van der Waals surface area contributed by atoms with Crippen LogP contribution in [0.5, 0.6) is 5.75 Å². The molecule has 4 heterocycles. The van der Waals surface area contributed by atoms with Crippen molar-refractivity contribution < 1.29 is 22.7 Å². The molecule has 0 saturated carbocycles. The zero-order chi connectivity index (χ0) is 24.1. The van der Waals surface area contributed by atoms with Gasteiger partial charge in [-0.05, 0) is 36.8 Å². The molecule has 178 valence electrons. The van der Waals surface area contributed by atoms with Gasteiger partial charge in [0.25, 0.3) is 0 Å². The lowest BCUT2D eigenvalue weighted by Gasteiger charge is -2.48. The number of fused-ring (bicyclic) bond motifs is 1. The van der Waals surface area contributed by atoms with Gasteiger partial charge in [-0.2, -0.15) is 8.78 Å². The SMILES string of the molecule is Cn1cnnc1C(F)(F)C(C)(F)c1cccc(NC(=O)N2CC3(CNC3)Oc3cccnc32)c1. The van der Waals surface area contributed by atoms with Crippen molar-refractivity contribution in [2.75, 3.05) is 29.9 Å². The Morgan fingerprint density at radius 1 is 1.24 bits per heavy atom. The standard InChI is InChI=1S/C22H22F3N7O2/c1-20(23,22(24,25)18-30-28-13-31(18)2)14-5-3-6-15(9-14)29-19(33)32-12-21(10-26-11-21)34-16-7-4-8-27-17(16)32/h3-9,13,26H,10-12H2,1-2H3,(H,29,33). The minimum Gasteiger partial charge on any atom is -0.479 e. The number of pyridine rings is 1. The molecule has 5 rings (SSSR count). The minimum atomic E-state index is -3.97. The molecule has 0 aliphatic carbocycles. The van der Waals surface area contributed by atoms with Crippen LogP contribution in [-0.4, -0.2) is 51.0 Å². The summed E-state index contributed by atoms with van der Waals surface area (Å²) in [5.74, 6) is -3.96. The molecule has 0 bridgehead atoms. The fraction of sp³-hybridized carbons (Fsp3) is 0.364. The van der Waals surface area contributed by atoms with E-state index in [9.17, 15) is 4.79 Å². The van der Waals surface area contributed by atoms with Gasteiger partial charge in [0.05, 0.1) is 6.54 Å². The van der Waals surface area contributed by atoms with Crippen LogP contribution in [0.25, 0.3) is 0 Å². The minimum absolute atomic E-state index is 0.157. The third-order valence-corrected chi connectivity index (χ3v) is 6.16. The number of nitrogens with zero attached hydrogens (tertiary/aromatic N) is 5. The quantitative estimate of drug-likeness (QED) is 0.605. The Morgan fingerprint density at radius 2 is 2.03 bits per heavy atom. The molecule has 1 atom stereocenters. The summed E-state index contributed by atoms with van der Waals surface area (Å²) in [6.45, 7) is 2.16. The molecule has 2 aliphatic rings. The van der Waals surface area contributed by atoms with E-state index in [2.05, 4.69) is 25.8 Å². The number of carbonyl (C=O) groups excluding carboxylic acids is 1. The first kappa shape index (κ1) is 22.1. The summed E-state index contributed by atoms with van der Waals surface area (Å²) in [7, 11) is 1.31. The Kier molecular flexibility index (Phi) is 5.01. The van der Waals surface area contributed by atoms with Gasteiger partial charge in [0, 0.05) is 32.0 Å². The number of anilines is 2. The number of amides is 2. The summed E-state index contributed by atoms with van der Waals surface area (Å²) >= 11 is 0. The maximum absolute atomic E-state index is 15.6. The van der Waals surface area contributed by atoms with Crippen LogP contribution in [0.3, 0.4) is 0 Å². The van der Waals surface area contributed by atoms with E-state index in [4.69, 9.17) is 4.74 Å². The molecule has 1 aromatic carbocycles. The van der Waals surface area contributed by atoms with Crippen LogP contribution in [0.1, 0.15) is 18.3 Å². The van der Waals surface area contributed by atoms with E-state index in [0.29, 0.717) is 24.7 Å². The Labute approximate surface area is 192 Å². The van der Waals surface area contributed by atoms with E-state index in [1.54, 1.807) is 18.3 Å². The fourth-order valence-corrected chi connectivity index (χ4v) is 4.09. The van der Waals surface area contributed by atoms with E-state index in [1.807, 2.05) is 0 Å². The van der Waals surface area contributed by atoms with Crippen molar-refractivity contribution in [3.63, 3.8) is 0 Å². The first-order valence-corrected chi connectivity index (χ1v) is 10.6. The van der Waals surface area contributed by atoms with Crippen molar-refractivity contribution in [1.29, 1.82) is 0 Å². The Balaban J connectivity index is 1.41. The smallest absolute Gasteiger partial charge is 0.343 e. The Bertz CT molecular complexity index is 1240. The highest BCUT2D eigenvalue weighted by atomic mass is 19.3. The zero-order valence-electron chi connectivity index (χ0n) is 18.4. The number of benzene rings is 1. The maximum atomic E-state index is 15.6. The molecule has 1 saturated heterocycles. The number of carbonyl (C=O) groups is 1. The van der Waals surface area contributed by atoms with Gasteiger partial charge in [-0.15, -0.1) is 10.2 Å². The predicted octanol–water partition coefficient (Wildman–Crippen LogP) is 2.96. The number of hydrogen-bond acceptors (Lipinski definition) is 6. The Morgan fingerprint density at radius 3 is 2.71 bits per heavy atom. The molecular weight excluding hydrogens is 451 g/mol. The summed E-state index contributed by atoms with van der Waals surface area (Å²) in [6, 6.07) is 8.22. The highest BCUT2D eigenvalue weighted by molar-refractivity contribution is 6.02. The molecular formula is C22H22F3N7O2. The average Bonchev–Trinajstić information content (AvgIpc) is 3.24. The molecule has 0 radical (unpaired) electrons. The van der Waals surface area contributed by atoms with Crippen molar-refractivity contribution in [2.24, 2.45) is 7.05 Å². The second kappa shape index (κ2) is 7.69. The summed E-state index contributed by atoms with van der Waals surface area (Å²) < 4.78 is 52.7. The number of alkyl halides is 3. The summed E-state index contributed by atoms with van der Waals surface area (Å²) in [6.07, 6.45) is 2.62. The number of aromatic nitrogens is 4. The van der Waals surface area contributed by atoms with E-state index < -0.39 is 29.0 Å². The van der Waals surface area contributed by atoms with Crippen LogP contribution in [0.4, 0.5) is 29.5 Å². The molecule has 9 nitrogen and oxygen atoms in total. The van der Waals surface area contributed by atoms with Crippen molar-refractivity contribution in [2.45, 2.75) is 24.1 Å². The number of halogens is 3. The fourth-order valence-electron chi connectivity index (χ4n) is 4.09. The van der Waals surface area contributed by atoms with Crippen LogP contribution in [-0.2, 0) is 18.6 Å². The number of aryl methyl sites for hydroxylation is 1. The largest absolute Gasteiger partial charge is 0.479 e. The van der Waals surface area contributed by atoms with E-state index in [-0.39, 0.29) is 17.8 Å². The summed E-state index contributed by atoms with van der Waals surface area (Å²) in [5, 5.41) is 12.6. The highest BCUT2D eigenvalue weighted by Crippen LogP contribution is 2.47. The van der Waals surface area contributed by atoms with Gasteiger partial charge in [0.1, 0.15) is 6.33 Å². The second-order valence-electron chi connectivity index (χ2n) is 8.65. The molecule has 2 aromatic heterocycles.